The topological polar surface area (TPSA) is 56.1 Å². The van der Waals surface area contributed by atoms with Gasteiger partial charge in [0.2, 0.25) is 0 Å². The minimum Gasteiger partial charge on any atom is -0.494 e. The summed E-state index contributed by atoms with van der Waals surface area (Å²) in [5.74, 6) is 0.510. The van der Waals surface area contributed by atoms with Crippen LogP contribution in [0, 0.1) is 0 Å². The van der Waals surface area contributed by atoms with Crippen LogP contribution >= 0.6 is 15.9 Å². The molecule has 0 aliphatic carbocycles. The van der Waals surface area contributed by atoms with Gasteiger partial charge in [0.15, 0.2) is 0 Å². The molecule has 1 heterocycles. The van der Waals surface area contributed by atoms with Gasteiger partial charge in [0.1, 0.15) is 5.75 Å². The van der Waals surface area contributed by atoms with E-state index in [0.29, 0.717) is 17.9 Å². The molecular weight excluding hydrogens is 370 g/mol. The molecule has 122 valence electrons. The summed E-state index contributed by atoms with van der Waals surface area (Å²) < 4.78 is 8.08. The zero-order valence-corrected chi connectivity index (χ0v) is 14.7. The van der Waals surface area contributed by atoms with Crippen molar-refractivity contribution in [3.63, 3.8) is 0 Å². The summed E-state index contributed by atoms with van der Waals surface area (Å²) in [5, 5.41) is 7.10. The van der Waals surface area contributed by atoms with Gasteiger partial charge in [0, 0.05) is 17.4 Å². The predicted molar refractivity (Wildman–Crippen MR) is 96.8 cm³/mol. The zero-order valence-electron chi connectivity index (χ0n) is 13.1. The molecular formula is C18H16BrN3O2. The van der Waals surface area contributed by atoms with Gasteiger partial charge in [-0.2, -0.15) is 5.10 Å². The summed E-state index contributed by atoms with van der Waals surface area (Å²) in [7, 11) is 0. The van der Waals surface area contributed by atoms with E-state index in [9.17, 15) is 4.79 Å². The molecule has 5 nitrogen and oxygen atoms in total. The van der Waals surface area contributed by atoms with E-state index in [1.165, 1.54) is 0 Å². The van der Waals surface area contributed by atoms with Gasteiger partial charge < -0.3 is 10.1 Å². The predicted octanol–water partition coefficient (Wildman–Crippen LogP) is 4.29. The number of amides is 1. The molecule has 1 N–H and O–H groups in total. The van der Waals surface area contributed by atoms with Crippen molar-refractivity contribution in [1.29, 1.82) is 0 Å². The number of hydrogen-bond acceptors (Lipinski definition) is 3. The Bertz CT molecular complexity index is 843. The van der Waals surface area contributed by atoms with Gasteiger partial charge in [0.05, 0.1) is 23.0 Å². The SMILES string of the molecule is CCOc1cccc(C(=O)Nc2ccc(-n3cc(Br)cn3)cc2)c1. The van der Waals surface area contributed by atoms with Crippen molar-refractivity contribution in [3.8, 4) is 11.4 Å². The van der Waals surface area contributed by atoms with Crippen molar-refractivity contribution in [1.82, 2.24) is 9.78 Å². The molecule has 1 aromatic heterocycles. The Morgan fingerprint density at radius 3 is 2.71 bits per heavy atom. The molecule has 1 amide bonds. The van der Waals surface area contributed by atoms with E-state index in [4.69, 9.17) is 4.74 Å². The third-order valence-electron chi connectivity index (χ3n) is 3.35. The lowest BCUT2D eigenvalue weighted by Crippen LogP contribution is -2.12. The minimum atomic E-state index is -0.175. The maximum absolute atomic E-state index is 12.3. The third kappa shape index (κ3) is 3.83. The van der Waals surface area contributed by atoms with Crippen LogP contribution in [0.25, 0.3) is 5.69 Å². The number of nitrogens with zero attached hydrogens (tertiary/aromatic N) is 2. The molecule has 0 unspecified atom stereocenters. The molecule has 0 saturated carbocycles. The second-order valence-corrected chi connectivity index (χ2v) is 5.98. The van der Waals surface area contributed by atoms with Crippen LogP contribution < -0.4 is 10.1 Å². The Hall–Kier alpha value is -2.60. The van der Waals surface area contributed by atoms with E-state index < -0.39 is 0 Å². The van der Waals surface area contributed by atoms with Gasteiger partial charge in [-0.15, -0.1) is 0 Å². The normalized spacial score (nSPS) is 10.4. The molecule has 0 atom stereocenters. The van der Waals surface area contributed by atoms with Gasteiger partial charge in [-0.3, -0.25) is 4.79 Å². The first kappa shape index (κ1) is 16.3. The summed E-state index contributed by atoms with van der Waals surface area (Å²) in [6.45, 7) is 2.47. The van der Waals surface area contributed by atoms with Gasteiger partial charge in [0.25, 0.3) is 5.91 Å². The van der Waals surface area contributed by atoms with E-state index >= 15 is 0 Å². The maximum Gasteiger partial charge on any atom is 0.255 e. The highest BCUT2D eigenvalue weighted by Gasteiger charge is 2.08. The summed E-state index contributed by atoms with van der Waals surface area (Å²) in [5.41, 5.74) is 2.19. The largest absolute Gasteiger partial charge is 0.494 e. The number of benzene rings is 2. The van der Waals surface area contributed by atoms with Gasteiger partial charge in [-0.1, -0.05) is 6.07 Å². The Kier molecular flexibility index (Phi) is 4.96. The second kappa shape index (κ2) is 7.31. The molecule has 0 radical (unpaired) electrons. The standard InChI is InChI=1S/C18H16BrN3O2/c1-2-24-17-5-3-4-13(10-17)18(23)21-15-6-8-16(9-7-15)22-12-14(19)11-20-22/h3-12H,2H2,1H3,(H,21,23). The van der Waals surface area contributed by atoms with Crippen molar-refractivity contribution < 1.29 is 9.53 Å². The summed E-state index contributed by atoms with van der Waals surface area (Å²) in [6.07, 6.45) is 3.59. The maximum atomic E-state index is 12.3. The minimum absolute atomic E-state index is 0.175. The zero-order chi connectivity index (χ0) is 16.9. The number of carbonyl (C=O) groups is 1. The lowest BCUT2D eigenvalue weighted by Gasteiger charge is -2.08. The summed E-state index contributed by atoms with van der Waals surface area (Å²) in [4.78, 5) is 12.3. The van der Waals surface area contributed by atoms with Crippen LogP contribution in [0.5, 0.6) is 5.75 Å². The highest BCUT2D eigenvalue weighted by atomic mass is 79.9. The van der Waals surface area contributed by atoms with E-state index in [1.807, 2.05) is 43.5 Å². The number of nitrogens with one attached hydrogen (secondary N) is 1. The lowest BCUT2D eigenvalue weighted by molar-refractivity contribution is 0.102. The fourth-order valence-corrected chi connectivity index (χ4v) is 2.52. The Morgan fingerprint density at radius 1 is 1.25 bits per heavy atom. The monoisotopic (exact) mass is 385 g/mol. The van der Waals surface area contributed by atoms with Crippen molar-refractivity contribution in [2.24, 2.45) is 0 Å². The molecule has 0 spiro atoms. The van der Waals surface area contributed by atoms with Crippen LogP contribution in [0.2, 0.25) is 0 Å². The fraction of sp³-hybridized carbons (Fsp3) is 0.111. The van der Waals surface area contributed by atoms with Crippen molar-refractivity contribution in [3.05, 3.63) is 71.0 Å². The number of hydrogen-bond donors (Lipinski definition) is 1. The van der Waals surface area contributed by atoms with Crippen LogP contribution in [0.4, 0.5) is 5.69 Å². The number of aromatic nitrogens is 2. The van der Waals surface area contributed by atoms with E-state index in [0.717, 1.165) is 15.8 Å². The van der Waals surface area contributed by atoms with Crippen LogP contribution in [0.15, 0.2) is 65.4 Å². The Morgan fingerprint density at radius 2 is 2.04 bits per heavy atom. The Balaban J connectivity index is 1.71. The quantitative estimate of drug-likeness (QED) is 0.712. The number of rotatable bonds is 5. The van der Waals surface area contributed by atoms with Gasteiger partial charge in [-0.25, -0.2) is 4.68 Å². The first-order chi connectivity index (χ1) is 11.7. The molecule has 3 aromatic rings. The molecule has 6 heteroatoms. The van der Waals surface area contributed by atoms with Crippen molar-refractivity contribution >= 4 is 27.5 Å². The van der Waals surface area contributed by atoms with Crippen molar-refractivity contribution in [2.75, 3.05) is 11.9 Å². The van der Waals surface area contributed by atoms with E-state index in [2.05, 4.69) is 26.3 Å². The lowest BCUT2D eigenvalue weighted by atomic mass is 10.2. The van der Waals surface area contributed by atoms with Crippen LogP contribution in [-0.4, -0.2) is 22.3 Å². The van der Waals surface area contributed by atoms with Crippen LogP contribution in [0.3, 0.4) is 0 Å². The molecule has 0 saturated heterocycles. The molecule has 0 bridgehead atoms. The number of anilines is 1. The fourth-order valence-electron chi connectivity index (χ4n) is 2.24. The van der Waals surface area contributed by atoms with Crippen LogP contribution in [-0.2, 0) is 0 Å². The molecule has 0 fully saturated rings. The number of ether oxygens (including phenoxy) is 1. The number of halogens is 1. The smallest absolute Gasteiger partial charge is 0.255 e. The second-order valence-electron chi connectivity index (χ2n) is 5.06. The highest BCUT2D eigenvalue weighted by molar-refractivity contribution is 9.10. The van der Waals surface area contributed by atoms with Gasteiger partial charge in [-0.05, 0) is 65.3 Å². The molecule has 0 aliphatic rings. The summed E-state index contributed by atoms with van der Waals surface area (Å²) in [6, 6.07) is 14.6. The average molecular weight is 386 g/mol. The molecule has 24 heavy (non-hydrogen) atoms. The molecule has 2 aromatic carbocycles. The van der Waals surface area contributed by atoms with E-state index in [1.54, 1.807) is 29.1 Å². The van der Waals surface area contributed by atoms with Gasteiger partial charge >= 0.3 is 0 Å². The van der Waals surface area contributed by atoms with Crippen LogP contribution in [0.1, 0.15) is 17.3 Å². The van der Waals surface area contributed by atoms with Crippen molar-refractivity contribution in [2.45, 2.75) is 6.92 Å². The first-order valence-electron chi connectivity index (χ1n) is 7.50. The summed E-state index contributed by atoms with van der Waals surface area (Å²) >= 11 is 3.37. The first-order valence-corrected chi connectivity index (χ1v) is 8.30. The molecule has 0 aliphatic heterocycles. The third-order valence-corrected chi connectivity index (χ3v) is 3.76. The van der Waals surface area contributed by atoms with E-state index in [-0.39, 0.29) is 5.91 Å². The highest BCUT2D eigenvalue weighted by Crippen LogP contribution is 2.18. The average Bonchev–Trinajstić information content (AvgIpc) is 3.02. The molecule has 3 rings (SSSR count). The number of carbonyl (C=O) groups excluding carboxylic acids is 1. The Labute approximate surface area is 148 Å².